The third-order valence-electron chi connectivity index (χ3n) is 4.24. The Balaban J connectivity index is 1.85. The van der Waals surface area contributed by atoms with Gasteiger partial charge in [-0.2, -0.15) is 0 Å². The van der Waals surface area contributed by atoms with Gasteiger partial charge in [0.2, 0.25) is 0 Å². The Morgan fingerprint density at radius 2 is 1.77 bits per heavy atom. The number of pyridine rings is 1. The summed E-state index contributed by atoms with van der Waals surface area (Å²) in [4.78, 5) is 17.3. The molecule has 0 fully saturated rings. The maximum Gasteiger partial charge on any atom is 0.252 e. The lowest BCUT2D eigenvalue weighted by Gasteiger charge is -2.12. The molecule has 1 aromatic heterocycles. The van der Waals surface area contributed by atoms with Crippen LogP contribution >= 0.6 is 0 Å². The van der Waals surface area contributed by atoms with Crippen LogP contribution in [0.25, 0.3) is 10.9 Å². The fourth-order valence-corrected chi connectivity index (χ4v) is 2.93. The van der Waals surface area contributed by atoms with Crippen molar-refractivity contribution in [1.29, 1.82) is 0 Å². The number of nitrogens with zero attached hydrogens (tertiary/aromatic N) is 1. The molecule has 0 saturated heterocycles. The summed E-state index contributed by atoms with van der Waals surface area (Å²) in [5.41, 5.74) is 4.31. The van der Waals surface area contributed by atoms with E-state index in [0.29, 0.717) is 23.6 Å². The number of amides is 1. The van der Waals surface area contributed by atoms with Crippen molar-refractivity contribution >= 4 is 16.8 Å². The zero-order valence-corrected chi connectivity index (χ0v) is 15.4. The number of carbonyl (C=O) groups excluding carboxylic acids is 1. The molecule has 0 saturated carbocycles. The molecule has 0 radical (unpaired) electrons. The van der Waals surface area contributed by atoms with Gasteiger partial charge in [-0.3, -0.25) is 9.78 Å². The number of hydrogen-bond acceptors (Lipinski definition) is 4. The molecule has 1 heterocycles. The molecule has 5 heteroatoms. The van der Waals surface area contributed by atoms with Gasteiger partial charge in [0, 0.05) is 17.6 Å². The molecule has 5 nitrogen and oxygen atoms in total. The van der Waals surface area contributed by atoms with Crippen molar-refractivity contribution in [3.8, 4) is 11.5 Å². The highest BCUT2D eigenvalue weighted by atomic mass is 16.5. The van der Waals surface area contributed by atoms with Crippen LogP contribution in [0.1, 0.15) is 27.2 Å². The van der Waals surface area contributed by atoms with Crippen LogP contribution < -0.4 is 14.8 Å². The van der Waals surface area contributed by atoms with E-state index in [-0.39, 0.29) is 5.91 Å². The Hall–Kier alpha value is -3.08. The molecule has 0 aliphatic rings. The predicted molar refractivity (Wildman–Crippen MR) is 102 cm³/mol. The van der Waals surface area contributed by atoms with Gasteiger partial charge in [-0.05, 0) is 49.7 Å². The molecule has 0 unspecified atom stereocenters. The summed E-state index contributed by atoms with van der Waals surface area (Å²) in [6, 6.07) is 13.4. The Labute approximate surface area is 153 Å². The topological polar surface area (TPSA) is 60.5 Å². The average molecular weight is 350 g/mol. The number of aryl methyl sites for hydroxylation is 2. The number of fused-ring (bicyclic) bond motifs is 1. The number of carbonyl (C=O) groups is 1. The highest BCUT2D eigenvalue weighted by Gasteiger charge is 2.13. The lowest BCUT2D eigenvalue weighted by atomic mass is 10.0. The monoisotopic (exact) mass is 350 g/mol. The number of ether oxygens (including phenoxy) is 2. The van der Waals surface area contributed by atoms with Crippen LogP contribution in [0.4, 0.5) is 0 Å². The number of hydrogen-bond donors (Lipinski definition) is 1. The number of benzene rings is 2. The average Bonchev–Trinajstić information content (AvgIpc) is 2.65. The van der Waals surface area contributed by atoms with Gasteiger partial charge in [0.15, 0.2) is 11.5 Å². The van der Waals surface area contributed by atoms with Crippen LogP contribution in [0.5, 0.6) is 11.5 Å². The van der Waals surface area contributed by atoms with Crippen molar-refractivity contribution in [2.24, 2.45) is 0 Å². The predicted octanol–water partition coefficient (Wildman–Crippen LogP) is 3.80. The molecule has 2 aromatic carbocycles. The van der Waals surface area contributed by atoms with Crippen LogP contribution in [0, 0.1) is 13.8 Å². The van der Waals surface area contributed by atoms with E-state index in [1.54, 1.807) is 14.2 Å². The van der Waals surface area contributed by atoms with Gasteiger partial charge in [-0.15, -0.1) is 0 Å². The van der Waals surface area contributed by atoms with Gasteiger partial charge in [-0.1, -0.05) is 17.7 Å². The summed E-state index contributed by atoms with van der Waals surface area (Å²) >= 11 is 0. The first-order chi connectivity index (χ1) is 12.5. The first kappa shape index (κ1) is 17.7. The summed E-state index contributed by atoms with van der Waals surface area (Å²) in [6.07, 6.45) is 0. The Morgan fingerprint density at radius 3 is 2.50 bits per heavy atom. The van der Waals surface area contributed by atoms with E-state index in [2.05, 4.69) is 10.3 Å². The van der Waals surface area contributed by atoms with Crippen molar-refractivity contribution in [3.63, 3.8) is 0 Å². The molecule has 134 valence electrons. The molecule has 3 rings (SSSR count). The minimum Gasteiger partial charge on any atom is -0.493 e. The minimum absolute atomic E-state index is 0.124. The van der Waals surface area contributed by atoms with Crippen molar-refractivity contribution < 1.29 is 14.3 Å². The van der Waals surface area contributed by atoms with E-state index in [9.17, 15) is 4.79 Å². The quantitative estimate of drug-likeness (QED) is 0.760. The van der Waals surface area contributed by atoms with Gasteiger partial charge in [0.25, 0.3) is 5.91 Å². The third kappa shape index (κ3) is 3.61. The molecule has 0 aliphatic carbocycles. The molecule has 0 bridgehead atoms. The standard InChI is InChI=1S/C21H22N2O3/c1-13-5-7-18-16(9-13)17(10-14(2)23-18)21(24)22-12-15-6-8-19(25-3)20(11-15)26-4/h5-11H,12H2,1-4H3,(H,22,24). The van der Waals surface area contributed by atoms with E-state index >= 15 is 0 Å². The lowest BCUT2D eigenvalue weighted by molar-refractivity contribution is 0.0952. The molecule has 26 heavy (non-hydrogen) atoms. The number of methoxy groups -OCH3 is 2. The van der Waals surface area contributed by atoms with Gasteiger partial charge in [0.1, 0.15) is 0 Å². The maximum absolute atomic E-state index is 12.8. The summed E-state index contributed by atoms with van der Waals surface area (Å²) in [7, 11) is 3.19. The molecule has 0 spiro atoms. The first-order valence-corrected chi connectivity index (χ1v) is 8.39. The third-order valence-corrected chi connectivity index (χ3v) is 4.24. The number of rotatable bonds is 5. The molecular weight excluding hydrogens is 328 g/mol. The Morgan fingerprint density at radius 1 is 1.00 bits per heavy atom. The van der Waals surface area contributed by atoms with Crippen molar-refractivity contribution in [2.75, 3.05) is 14.2 Å². The van der Waals surface area contributed by atoms with Gasteiger partial charge in [0.05, 0.1) is 25.3 Å². The fraction of sp³-hybridized carbons (Fsp3) is 0.238. The van der Waals surface area contributed by atoms with E-state index in [4.69, 9.17) is 9.47 Å². The summed E-state index contributed by atoms with van der Waals surface area (Å²) in [5, 5.41) is 3.84. The molecule has 0 aliphatic heterocycles. The minimum atomic E-state index is -0.124. The lowest BCUT2D eigenvalue weighted by Crippen LogP contribution is -2.23. The first-order valence-electron chi connectivity index (χ1n) is 8.39. The fourth-order valence-electron chi connectivity index (χ4n) is 2.93. The van der Waals surface area contributed by atoms with Gasteiger partial charge >= 0.3 is 0 Å². The van der Waals surface area contributed by atoms with Gasteiger partial charge in [-0.25, -0.2) is 0 Å². The van der Waals surface area contributed by atoms with E-state index in [1.165, 1.54) is 0 Å². The van der Waals surface area contributed by atoms with Crippen LogP contribution in [-0.4, -0.2) is 25.1 Å². The summed E-state index contributed by atoms with van der Waals surface area (Å²) in [6.45, 7) is 4.29. The second kappa shape index (κ2) is 7.44. The van der Waals surface area contributed by atoms with Crippen LogP contribution in [-0.2, 0) is 6.54 Å². The van der Waals surface area contributed by atoms with Crippen molar-refractivity contribution in [2.45, 2.75) is 20.4 Å². The summed E-state index contributed by atoms with van der Waals surface area (Å²) < 4.78 is 10.5. The second-order valence-corrected chi connectivity index (χ2v) is 6.20. The van der Waals surface area contributed by atoms with E-state index in [1.807, 2.05) is 56.3 Å². The van der Waals surface area contributed by atoms with Crippen LogP contribution in [0.2, 0.25) is 0 Å². The summed E-state index contributed by atoms with van der Waals surface area (Å²) in [5.74, 6) is 1.18. The van der Waals surface area contributed by atoms with E-state index < -0.39 is 0 Å². The highest BCUT2D eigenvalue weighted by molar-refractivity contribution is 6.06. The smallest absolute Gasteiger partial charge is 0.252 e. The SMILES string of the molecule is COc1ccc(CNC(=O)c2cc(C)nc3ccc(C)cc23)cc1OC. The zero-order valence-electron chi connectivity index (χ0n) is 15.4. The molecule has 0 atom stereocenters. The molecular formula is C21H22N2O3. The molecule has 3 aromatic rings. The highest BCUT2D eigenvalue weighted by Crippen LogP contribution is 2.27. The second-order valence-electron chi connectivity index (χ2n) is 6.20. The van der Waals surface area contributed by atoms with Gasteiger partial charge < -0.3 is 14.8 Å². The Kier molecular flexibility index (Phi) is 5.07. The zero-order chi connectivity index (χ0) is 18.7. The Bertz CT molecular complexity index is 967. The van der Waals surface area contributed by atoms with E-state index in [0.717, 1.165) is 27.7 Å². The van der Waals surface area contributed by atoms with Crippen molar-refractivity contribution in [3.05, 3.63) is 64.8 Å². The number of aromatic nitrogens is 1. The molecule has 1 amide bonds. The normalized spacial score (nSPS) is 10.6. The van der Waals surface area contributed by atoms with Crippen molar-refractivity contribution in [1.82, 2.24) is 10.3 Å². The molecule has 1 N–H and O–H groups in total. The van der Waals surface area contributed by atoms with Crippen LogP contribution in [0.3, 0.4) is 0 Å². The largest absolute Gasteiger partial charge is 0.493 e. The maximum atomic E-state index is 12.8. The number of nitrogens with one attached hydrogen (secondary N) is 1. The van der Waals surface area contributed by atoms with Crippen LogP contribution in [0.15, 0.2) is 42.5 Å².